The standard InChI is InChI=1S/C30H36N6O5/c1-29(2,3)41-28(40)35-17-30(11-13-31-14-12-30)25(35)20-7-5-19(16-32-20)18-6-8-21-23(15-18)34(4)27(39)36(21)22-9-10-24(37)33-26(22)38/h5-8,15-16,22,25,31H,9-14,17H2,1-4H3,(H,33,37,38). The van der Waals surface area contributed by atoms with Gasteiger partial charge in [-0.15, -0.1) is 0 Å². The van der Waals surface area contributed by atoms with Gasteiger partial charge in [0.05, 0.1) is 22.8 Å². The molecular formula is C30H36N6O5. The number of nitrogens with zero attached hydrogens (tertiary/aromatic N) is 4. The van der Waals surface area contributed by atoms with Gasteiger partial charge in [-0.2, -0.15) is 0 Å². The summed E-state index contributed by atoms with van der Waals surface area (Å²) >= 11 is 0. The van der Waals surface area contributed by atoms with E-state index in [-0.39, 0.29) is 42.0 Å². The molecule has 0 bridgehead atoms. The fourth-order valence-corrected chi connectivity index (χ4v) is 6.57. The highest BCUT2D eigenvalue weighted by Crippen LogP contribution is 2.54. The van der Waals surface area contributed by atoms with E-state index in [1.54, 1.807) is 11.9 Å². The molecular weight excluding hydrogens is 524 g/mol. The van der Waals surface area contributed by atoms with Gasteiger partial charge in [0.1, 0.15) is 11.6 Å². The number of rotatable bonds is 3. The number of ether oxygens (including phenoxy) is 1. The molecule has 216 valence electrons. The van der Waals surface area contributed by atoms with E-state index in [0.29, 0.717) is 17.6 Å². The summed E-state index contributed by atoms with van der Waals surface area (Å²) in [4.78, 5) is 57.0. The van der Waals surface area contributed by atoms with Crippen molar-refractivity contribution in [3.63, 3.8) is 0 Å². The smallest absolute Gasteiger partial charge is 0.410 e. The third-order valence-corrected chi connectivity index (χ3v) is 8.62. The van der Waals surface area contributed by atoms with Gasteiger partial charge in [0, 0.05) is 37.2 Å². The average molecular weight is 561 g/mol. The summed E-state index contributed by atoms with van der Waals surface area (Å²) in [6.07, 6.45) is 3.91. The maximum absolute atomic E-state index is 13.1. The number of imide groups is 1. The average Bonchev–Trinajstić information content (AvgIpc) is 3.16. The number of amides is 3. The highest BCUT2D eigenvalue weighted by molar-refractivity contribution is 6.00. The van der Waals surface area contributed by atoms with Gasteiger partial charge in [-0.3, -0.25) is 33.9 Å². The number of piperidine rings is 2. The number of aromatic nitrogens is 3. The van der Waals surface area contributed by atoms with Crippen molar-refractivity contribution in [1.29, 1.82) is 0 Å². The molecule has 3 aromatic rings. The lowest BCUT2D eigenvalue weighted by Gasteiger charge is -2.58. The maximum Gasteiger partial charge on any atom is 0.410 e. The second kappa shape index (κ2) is 9.83. The van der Waals surface area contributed by atoms with E-state index in [4.69, 9.17) is 9.72 Å². The first kappa shape index (κ1) is 27.2. The molecule has 6 rings (SSSR count). The van der Waals surface area contributed by atoms with Gasteiger partial charge < -0.3 is 10.1 Å². The van der Waals surface area contributed by atoms with E-state index in [1.807, 2.05) is 57.3 Å². The van der Waals surface area contributed by atoms with Gasteiger partial charge in [0.2, 0.25) is 11.8 Å². The molecule has 2 N–H and O–H groups in total. The third-order valence-electron chi connectivity index (χ3n) is 8.62. The van der Waals surface area contributed by atoms with Crippen molar-refractivity contribution in [3.8, 4) is 11.1 Å². The molecule has 2 aromatic heterocycles. The number of aryl methyl sites for hydroxylation is 1. The Labute approximate surface area is 237 Å². The molecule has 3 aliphatic heterocycles. The first-order valence-corrected chi connectivity index (χ1v) is 14.2. The topological polar surface area (TPSA) is 128 Å². The third kappa shape index (κ3) is 4.71. The molecule has 0 radical (unpaired) electrons. The Bertz CT molecular complexity index is 1590. The van der Waals surface area contributed by atoms with Crippen LogP contribution >= 0.6 is 0 Å². The SMILES string of the molecule is Cn1c(=O)n(C2CCC(=O)NC2=O)c2ccc(-c3ccc(C4N(C(=O)OC(C)(C)C)CC45CCNCC5)nc3)cc21. The van der Waals surface area contributed by atoms with Crippen LogP contribution in [-0.4, -0.2) is 62.2 Å². The van der Waals surface area contributed by atoms with Crippen LogP contribution in [-0.2, 0) is 21.4 Å². The van der Waals surface area contributed by atoms with Crippen LogP contribution < -0.4 is 16.3 Å². The molecule has 2 unspecified atom stereocenters. The molecule has 0 saturated carbocycles. The van der Waals surface area contributed by atoms with Crippen LogP contribution in [0.3, 0.4) is 0 Å². The van der Waals surface area contributed by atoms with Gasteiger partial charge in [-0.25, -0.2) is 9.59 Å². The Balaban J connectivity index is 1.30. The predicted octanol–water partition coefficient (Wildman–Crippen LogP) is 3.04. The number of pyridine rings is 1. The molecule has 2 atom stereocenters. The number of nitrogens with one attached hydrogen (secondary N) is 2. The minimum Gasteiger partial charge on any atom is -0.444 e. The molecule has 11 heteroatoms. The number of fused-ring (bicyclic) bond motifs is 1. The lowest BCUT2D eigenvalue weighted by atomic mass is 9.64. The van der Waals surface area contributed by atoms with Crippen molar-refractivity contribution in [3.05, 3.63) is 52.7 Å². The molecule has 1 spiro atoms. The normalized spacial score (nSPS) is 22.5. The second-order valence-corrected chi connectivity index (χ2v) is 12.5. The zero-order valence-corrected chi connectivity index (χ0v) is 23.9. The van der Waals surface area contributed by atoms with Gasteiger partial charge in [-0.1, -0.05) is 12.1 Å². The molecule has 3 fully saturated rings. The van der Waals surface area contributed by atoms with Crippen LogP contribution in [0.5, 0.6) is 0 Å². The molecule has 11 nitrogen and oxygen atoms in total. The first-order chi connectivity index (χ1) is 19.5. The van der Waals surface area contributed by atoms with Crippen molar-refractivity contribution in [1.82, 2.24) is 29.7 Å². The van der Waals surface area contributed by atoms with Crippen LogP contribution in [0.4, 0.5) is 4.79 Å². The molecule has 0 aliphatic carbocycles. The number of likely N-dealkylation sites (tertiary alicyclic amines) is 1. The van der Waals surface area contributed by atoms with Crippen LogP contribution in [0.15, 0.2) is 41.3 Å². The van der Waals surface area contributed by atoms with Crippen molar-refractivity contribution < 1.29 is 19.1 Å². The number of carbonyl (C=O) groups excluding carboxylic acids is 3. The van der Waals surface area contributed by atoms with E-state index in [2.05, 4.69) is 10.6 Å². The van der Waals surface area contributed by atoms with E-state index in [1.165, 1.54) is 9.13 Å². The zero-order valence-electron chi connectivity index (χ0n) is 23.9. The highest BCUT2D eigenvalue weighted by atomic mass is 16.6. The molecule has 3 aliphatic rings. The monoisotopic (exact) mass is 560 g/mol. The van der Waals surface area contributed by atoms with Gasteiger partial charge >= 0.3 is 11.8 Å². The lowest BCUT2D eigenvalue weighted by Crippen LogP contribution is -2.64. The summed E-state index contributed by atoms with van der Waals surface area (Å²) in [5.41, 5.74) is 3.00. The number of imidazole rings is 1. The summed E-state index contributed by atoms with van der Waals surface area (Å²) in [7, 11) is 1.68. The molecule has 5 heterocycles. The van der Waals surface area contributed by atoms with E-state index >= 15 is 0 Å². The summed E-state index contributed by atoms with van der Waals surface area (Å²) in [6, 6.07) is 8.76. The number of carbonyl (C=O) groups is 3. The number of benzene rings is 1. The fourth-order valence-electron chi connectivity index (χ4n) is 6.57. The minimum absolute atomic E-state index is 0.0210. The van der Waals surface area contributed by atoms with Crippen molar-refractivity contribution in [2.24, 2.45) is 12.5 Å². The fraction of sp³-hybridized carbons (Fsp3) is 0.500. The van der Waals surface area contributed by atoms with Crippen LogP contribution in [0.1, 0.15) is 64.2 Å². The Morgan fingerprint density at radius 2 is 1.78 bits per heavy atom. The predicted molar refractivity (Wildman–Crippen MR) is 152 cm³/mol. The summed E-state index contributed by atoms with van der Waals surface area (Å²) in [6.45, 7) is 8.10. The largest absolute Gasteiger partial charge is 0.444 e. The molecule has 1 aromatic carbocycles. The van der Waals surface area contributed by atoms with Crippen molar-refractivity contribution in [2.45, 2.75) is 64.1 Å². The molecule has 3 amide bonds. The molecule has 41 heavy (non-hydrogen) atoms. The van der Waals surface area contributed by atoms with Crippen LogP contribution in [0.25, 0.3) is 22.2 Å². The number of hydrogen-bond acceptors (Lipinski definition) is 7. The lowest BCUT2D eigenvalue weighted by molar-refractivity contribution is -0.135. The summed E-state index contributed by atoms with van der Waals surface area (Å²) < 4.78 is 8.71. The first-order valence-electron chi connectivity index (χ1n) is 14.2. The second-order valence-electron chi connectivity index (χ2n) is 12.5. The maximum atomic E-state index is 13.1. The minimum atomic E-state index is -0.728. The van der Waals surface area contributed by atoms with Crippen molar-refractivity contribution in [2.75, 3.05) is 19.6 Å². The van der Waals surface area contributed by atoms with Gasteiger partial charge in [0.15, 0.2) is 0 Å². The quantitative estimate of drug-likeness (QED) is 0.472. The van der Waals surface area contributed by atoms with Crippen LogP contribution in [0.2, 0.25) is 0 Å². The van der Waals surface area contributed by atoms with Crippen LogP contribution in [0, 0.1) is 5.41 Å². The van der Waals surface area contributed by atoms with E-state index in [0.717, 1.165) is 42.8 Å². The number of hydrogen-bond donors (Lipinski definition) is 2. The van der Waals surface area contributed by atoms with E-state index in [9.17, 15) is 19.2 Å². The van der Waals surface area contributed by atoms with Gasteiger partial charge in [-0.05, 0) is 76.9 Å². The summed E-state index contributed by atoms with van der Waals surface area (Å²) in [5, 5.41) is 5.77. The van der Waals surface area contributed by atoms with Crippen molar-refractivity contribution >= 4 is 28.9 Å². The van der Waals surface area contributed by atoms with Gasteiger partial charge in [0.25, 0.3) is 0 Å². The Hall–Kier alpha value is -3.99. The Morgan fingerprint density at radius 1 is 1.05 bits per heavy atom. The summed E-state index contributed by atoms with van der Waals surface area (Å²) in [5.74, 6) is -0.775. The van der Waals surface area contributed by atoms with E-state index < -0.39 is 17.6 Å². The highest BCUT2D eigenvalue weighted by Gasteiger charge is 2.56. The molecule has 3 saturated heterocycles. The Morgan fingerprint density at radius 3 is 2.44 bits per heavy atom. The Kier molecular flexibility index (Phi) is 6.52. The zero-order chi connectivity index (χ0) is 29.1.